The van der Waals surface area contributed by atoms with Gasteiger partial charge in [-0.3, -0.25) is 9.89 Å². The lowest BCUT2D eigenvalue weighted by molar-refractivity contribution is 0.0599. The molecule has 8 nitrogen and oxygen atoms in total. The summed E-state index contributed by atoms with van der Waals surface area (Å²) in [5.74, 6) is -0.591. The van der Waals surface area contributed by atoms with E-state index in [0.29, 0.717) is 41.0 Å². The topological polar surface area (TPSA) is 116 Å². The maximum atomic E-state index is 13.1. The standard InChI is InChI=1S/C23H23N3O5/c1-13-4-9-16(17(28)12-13)19-18-20(25-24-19)22(29)26(10-3-11-27)21(18)14-5-7-15(8-6-14)23(30)31-2/h4-9,12,21,27-28H,3,10-11H2,1-2H3,(H,24,25)/t21-/m1/s1. The molecule has 1 atom stereocenters. The van der Waals surface area contributed by atoms with Crippen molar-refractivity contribution in [3.63, 3.8) is 0 Å². The van der Waals surface area contributed by atoms with Crippen molar-refractivity contribution in [2.24, 2.45) is 0 Å². The molecule has 0 saturated heterocycles. The van der Waals surface area contributed by atoms with Gasteiger partial charge in [0, 0.05) is 24.3 Å². The molecule has 1 aliphatic heterocycles. The predicted octanol–water partition coefficient (Wildman–Crippen LogP) is 2.80. The summed E-state index contributed by atoms with van der Waals surface area (Å²) >= 11 is 0. The first-order chi connectivity index (χ1) is 15.0. The van der Waals surface area contributed by atoms with Gasteiger partial charge in [-0.1, -0.05) is 18.2 Å². The minimum absolute atomic E-state index is 0.0461. The van der Waals surface area contributed by atoms with Crippen LogP contribution in [0.3, 0.4) is 0 Å². The van der Waals surface area contributed by atoms with E-state index in [2.05, 4.69) is 10.2 Å². The van der Waals surface area contributed by atoms with E-state index in [1.165, 1.54) is 7.11 Å². The number of fused-ring (bicyclic) bond motifs is 1. The van der Waals surface area contributed by atoms with Gasteiger partial charge >= 0.3 is 5.97 Å². The third-order valence-electron chi connectivity index (χ3n) is 5.48. The van der Waals surface area contributed by atoms with Gasteiger partial charge in [-0.25, -0.2) is 4.79 Å². The number of amides is 1. The third kappa shape index (κ3) is 3.55. The van der Waals surface area contributed by atoms with E-state index in [-0.39, 0.29) is 18.3 Å². The van der Waals surface area contributed by atoms with Crippen molar-refractivity contribution in [1.29, 1.82) is 0 Å². The number of aryl methyl sites for hydroxylation is 1. The van der Waals surface area contributed by atoms with Gasteiger partial charge in [0.25, 0.3) is 5.91 Å². The molecule has 0 bridgehead atoms. The van der Waals surface area contributed by atoms with Crippen LogP contribution in [0, 0.1) is 6.92 Å². The summed E-state index contributed by atoms with van der Waals surface area (Å²) in [6, 6.07) is 11.7. The fraction of sp³-hybridized carbons (Fsp3) is 0.261. The lowest BCUT2D eigenvalue weighted by atomic mass is 9.94. The number of hydrogen-bond donors (Lipinski definition) is 3. The summed E-state index contributed by atoms with van der Waals surface area (Å²) in [5, 5.41) is 27.0. The molecule has 2 heterocycles. The molecule has 0 spiro atoms. The molecule has 8 heteroatoms. The number of phenols is 1. The molecule has 3 N–H and O–H groups in total. The number of aromatic amines is 1. The zero-order chi connectivity index (χ0) is 22.1. The molecule has 160 valence electrons. The molecule has 0 fully saturated rings. The van der Waals surface area contributed by atoms with Crippen LogP contribution >= 0.6 is 0 Å². The van der Waals surface area contributed by atoms with Crippen LogP contribution in [0.1, 0.15) is 50.0 Å². The van der Waals surface area contributed by atoms with Crippen LogP contribution in [0.2, 0.25) is 0 Å². The number of aliphatic hydroxyl groups excluding tert-OH is 1. The number of benzene rings is 2. The second-order valence-corrected chi connectivity index (χ2v) is 7.47. The summed E-state index contributed by atoms with van der Waals surface area (Å²) < 4.78 is 4.76. The number of carbonyl (C=O) groups is 2. The number of phenolic OH excluding ortho intramolecular Hbond substituents is 1. The number of nitrogens with one attached hydrogen (secondary N) is 1. The SMILES string of the molecule is COC(=O)c1ccc([C@@H]2c3c(-c4ccc(C)cc4O)n[nH]c3C(=O)N2CCCO)cc1. The third-order valence-corrected chi connectivity index (χ3v) is 5.48. The van der Waals surface area contributed by atoms with Crippen molar-refractivity contribution >= 4 is 11.9 Å². The van der Waals surface area contributed by atoms with Crippen molar-refractivity contribution in [3.8, 4) is 17.0 Å². The quantitative estimate of drug-likeness (QED) is 0.527. The van der Waals surface area contributed by atoms with Gasteiger partial charge < -0.3 is 19.8 Å². The highest BCUT2D eigenvalue weighted by Gasteiger charge is 2.42. The summed E-state index contributed by atoms with van der Waals surface area (Å²) in [4.78, 5) is 26.6. The Morgan fingerprint density at radius 1 is 1.23 bits per heavy atom. The highest BCUT2D eigenvalue weighted by molar-refractivity contribution is 6.00. The van der Waals surface area contributed by atoms with E-state index < -0.39 is 12.0 Å². The number of rotatable bonds is 6. The summed E-state index contributed by atoms with van der Waals surface area (Å²) in [6.45, 7) is 2.18. The highest BCUT2D eigenvalue weighted by Crippen LogP contribution is 2.44. The number of aliphatic hydroxyl groups is 1. The number of aromatic hydroxyl groups is 1. The Balaban J connectivity index is 1.84. The number of hydrogen-bond acceptors (Lipinski definition) is 6. The van der Waals surface area contributed by atoms with Crippen LogP contribution in [0.5, 0.6) is 5.75 Å². The zero-order valence-corrected chi connectivity index (χ0v) is 17.3. The van der Waals surface area contributed by atoms with Crippen molar-refractivity contribution in [3.05, 3.63) is 70.4 Å². The fourth-order valence-electron chi connectivity index (χ4n) is 3.98. The van der Waals surface area contributed by atoms with E-state index in [1.54, 1.807) is 41.3 Å². The maximum absolute atomic E-state index is 13.1. The Morgan fingerprint density at radius 2 is 1.97 bits per heavy atom. The number of H-pyrrole nitrogens is 1. The molecular weight excluding hydrogens is 398 g/mol. The van der Waals surface area contributed by atoms with Gasteiger partial charge in [0.1, 0.15) is 17.1 Å². The molecule has 4 rings (SSSR count). The Morgan fingerprint density at radius 3 is 2.61 bits per heavy atom. The second kappa shape index (κ2) is 8.23. The van der Waals surface area contributed by atoms with Crippen LogP contribution in [-0.4, -0.2) is 57.4 Å². The van der Waals surface area contributed by atoms with Crippen LogP contribution < -0.4 is 0 Å². The van der Waals surface area contributed by atoms with Crippen LogP contribution in [-0.2, 0) is 4.74 Å². The Labute approximate surface area is 179 Å². The van der Waals surface area contributed by atoms with Gasteiger partial charge in [0.05, 0.1) is 18.7 Å². The van der Waals surface area contributed by atoms with E-state index in [9.17, 15) is 19.8 Å². The second-order valence-electron chi connectivity index (χ2n) is 7.47. The highest BCUT2D eigenvalue weighted by atomic mass is 16.5. The Kier molecular flexibility index (Phi) is 5.48. The number of ether oxygens (including phenoxy) is 1. The van der Waals surface area contributed by atoms with Crippen LogP contribution in [0.25, 0.3) is 11.3 Å². The minimum Gasteiger partial charge on any atom is -0.507 e. The number of aromatic nitrogens is 2. The lowest BCUT2D eigenvalue weighted by Crippen LogP contribution is -2.31. The van der Waals surface area contributed by atoms with Gasteiger partial charge in [-0.05, 0) is 48.7 Å². The average molecular weight is 421 g/mol. The summed E-state index contributed by atoms with van der Waals surface area (Å²) in [5.41, 5.74) is 4.13. The van der Waals surface area contributed by atoms with Crippen molar-refractivity contribution in [2.45, 2.75) is 19.4 Å². The molecule has 0 saturated carbocycles. The van der Waals surface area contributed by atoms with E-state index >= 15 is 0 Å². The van der Waals surface area contributed by atoms with Gasteiger partial charge in [-0.2, -0.15) is 5.10 Å². The number of esters is 1. The molecular formula is C23H23N3O5. The smallest absolute Gasteiger partial charge is 0.337 e. The van der Waals surface area contributed by atoms with Crippen LogP contribution in [0.4, 0.5) is 0 Å². The summed E-state index contributed by atoms with van der Waals surface area (Å²) in [6.07, 6.45) is 0.422. The fourth-order valence-corrected chi connectivity index (χ4v) is 3.98. The minimum atomic E-state index is -0.477. The van der Waals surface area contributed by atoms with Gasteiger partial charge in [0.15, 0.2) is 0 Å². The largest absolute Gasteiger partial charge is 0.507 e. The van der Waals surface area contributed by atoms with Gasteiger partial charge in [-0.15, -0.1) is 0 Å². The number of carbonyl (C=O) groups excluding carboxylic acids is 2. The molecule has 1 aliphatic rings. The van der Waals surface area contributed by atoms with Crippen molar-refractivity contribution in [2.75, 3.05) is 20.3 Å². The molecule has 0 unspecified atom stereocenters. The monoisotopic (exact) mass is 421 g/mol. The molecule has 1 aromatic heterocycles. The van der Waals surface area contributed by atoms with E-state index in [4.69, 9.17) is 4.74 Å². The van der Waals surface area contributed by atoms with Crippen molar-refractivity contribution in [1.82, 2.24) is 15.1 Å². The summed E-state index contributed by atoms with van der Waals surface area (Å²) in [7, 11) is 1.32. The lowest BCUT2D eigenvalue weighted by Gasteiger charge is -2.26. The molecule has 31 heavy (non-hydrogen) atoms. The van der Waals surface area contributed by atoms with Crippen molar-refractivity contribution < 1.29 is 24.5 Å². The first-order valence-corrected chi connectivity index (χ1v) is 9.94. The number of nitrogens with zero attached hydrogens (tertiary/aromatic N) is 2. The molecule has 3 aromatic rings. The van der Waals surface area contributed by atoms with E-state index in [0.717, 1.165) is 11.1 Å². The normalized spacial score (nSPS) is 15.3. The molecule has 0 radical (unpaired) electrons. The first kappa shape index (κ1) is 20.6. The van der Waals surface area contributed by atoms with Gasteiger partial charge in [0.2, 0.25) is 0 Å². The predicted molar refractivity (Wildman–Crippen MR) is 113 cm³/mol. The maximum Gasteiger partial charge on any atom is 0.337 e. The van der Waals surface area contributed by atoms with E-state index in [1.807, 2.05) is 13.0 Å². The zero-order valence-electron chi connectivity index (χ0n) is 17.3. The Bertz CT molecular complexity index is 1140. The molecule has 1 amide bonds. The van der Waals surface area contributed by atoms with Crippen LogP contribution in [0.15, 0.2) is 42.5 Å². The molecule has 2 aromatic carbocycles. The Hall–Kier alpha value is -3.65. The number of methoxy groups -OCH3 is 1. The average Bonchev–Trinajstić information content (AvgIpc) is 3.31. The molecule has 0 aliphatic carbocycles. The first-order valence-electron chi connectivity index (χ1n) is 9.94.